The lowest BCUT2D eigenvalue weighted by Gasteiger charge is -2.36. The molecule has 4 rings (SSSR count). The number of carbonyl (C=O) groups excluding carboxylic acids is 1. The number of halogens is 6. The van der Waals surface area contributed by atoms with Crippen LogP contribution in [0.3, 0.4) is 0 Å². The third kappa shape index (κ3) is 4.64. The van der Waals surface area contributed by atoms with Crippen LogP contribution in [0.15, 0.2) is 30.5 Å². The summed E-state index contributed by atoms with van der Waals surface area (Å²) in [5, 5.41) is 10.5. The van der Waals surface area contributed by atoms with E-state index >= 15 is 0 Å². The van der Waals surface area contributed by atoms with Crippen LogP contribution in [-0.4, -0.2) is 30.5 Å². The molecule has 0 unspecified atom stereocenters. The number of aromatic nitrogens is 5. The Morgan fingerprint density at radius 1 is 1.06 bits per heavy atom. The molecule has 1 aliphatic heterocycles. The van der Waals surface area contributed by atoms with Crippen LogP contribution in [0.1, 0.15) is 53.9 Å². The molecule has 0 spiro atoms. The highest BCUT2D eigenvalue weighted by atomic mass is 19.4. The maximum absolute atomic E-state index is 13.1. The van der Waals surface area contributed by atoms with Gasteiger partial charge in [-0.1, -0.05) is 13.8 Å². The van der Waals surface area contributed by atoms with Crippen LogP contribution < -0.4 is 5.32 Å². The van der Waals surface area contributed by atoms with E-state index in [-0.39, 0.29) is 22.4 Å². The van der Waals surface area contributed by atoms with E-state index < -0.39 is 35.7 Å². The second kappa shape index (κ2) is 7.84. The van der Waals surface area contributed by atoms with Gasteiger partial charge in [-0.05, 0) is 30.0 Å². The van der Waals surface area contributed by atoms with Crippen molar-refractivity contribution in [3.8, 4) is 11.3 Å². The number of carbonyl (C=O) groups is 1. The number of rotatable bonds is 3. The van der Waals surface area contributed by atoms with E-state index in [0.29, 0.717) is 24.7 Å². The van der Waals surface area contributed by atoms with Crippen molar-refractivity contribution in [3.05, 3.63) is 53.2 Å². The summed E-state index contributed by atoms with van der Waals surface area (Å²) in [7, 11) is 1.24. The van der Waals surface area contributed by atoms with Gasteiger partial charge in [0.15, 0.2) is 5.69 Å². The summed E-state index contributed by atoms with van der Waals surface area (Å²) in [6, 6.07) is 3.89. The van der Waals surface area contributed by atoms with Crippen molar-refractivity contribution in [2.24, 2.45) is 12.5 Å². The van der Waals surface area contributed by atoms with Crippen molar-refractivity contribution in [3.63, 3.8) is 0 Å². The number of nitrogens with one attached hydrogen (secondary N) is 1. The molecule has 1 aliphatic rings. The molecule has 3 aromatic rings. The Morgan fingerprint density at radius 2 is 1.74 bits per heavy atom. The number of hydrogen-bond acceptors (Lipinski definition) is 4. The SMILES string of the molecule is Cn1nc(C(F)(F)F)cc1C(=O)N[C@H]1CC(C)(C)Cn2nc(-c3ccnc(C(F)(F)F)c3)cc21. The van der Waals surface area contributed by atoms with Crippen molar-refractivity contribution < 1.29 is 31.1 Å². The molecule has 0 saturated heterocycles. The molecule has 0 aliphatic carbocycles. The molecule has 13 heteroatoms. The summed E-state index contributed by atoms with van der Waals surface area (Å²) in [4.78, 5) is 16.2. The summed E-state index contributed by atoms with van der Waals surface area (Å²) in [6.45, 7) is 4.29. The van der Waals surface area contributed by atoms with E-state index in [0.717, 1.165) is 16.9 Å². The molecule has 0 bridgehead atoms. The van der Waals surface area contributed by atoms with Crippen molar-refractivity contribution in [1.29, 1.82) is 0 Å². The van der Waals surface area contributed by atoms with Gasteiger partial charge in [-0.2, -0.15) is 36.5 Å². The molecular weight excluding hydrogens is 466 g/mol. The van der Waals surface area contributed by atoms with Gasteiger partial charge in [0.25, 0.3) is 5.91 Å². The zero-order chi connectivity index (χ0) is 25.1. The summed E-state index contributed by atoms with van der Waals surface area (Å²) < 4.78 is 80.6. The Kier molecular flexibility index (Phi) is 5.48. The highest BCUT2D eigenvalue weighted by molar-refractivity contribution is 5.93. The van der Waals surface area contributed by atoms with Gasteiger partial charge in [0.2, 0.25) is 0 Å². The van der Waals surface area contributed by atoms with Gasteiger partial charge in [-0.25, -0.2) is 0 Å². The number of alkyl halides is 6. The quantitative estimate of drug-likeness (QED) is 0.549. The van der Waals surface area contributed by atoms with Gasteiger partial charge in [-0.3, -0.25) is 19.1 Å². The third-order valence-electron chi connectivity index (χ3n) is 5.56. The third-order valence-corrected chi connectivity index (χ3v) is 5.56. The van der Waals surface area contributed by atoms with E-state index in [9.17, 15) is 31.1 Å². The Balaban J connectivity index is 1.66. The number of nitrogens with zero attached hydrogens (tertiary/aromatic N) is 5. The van der Waals surface area contributed by atoms with Crippen LogP contribution in [0.25, 0.3) is 11.3 Å². The fourth-order valence-corrected chi connectivity index (χ4v) is 4.03. The largest absolute Gasteiger partial charge is 0.435 e. The molecule has 0 aromatic carbocycles. The molecule has 1 amide bonds. The maximum Gasteiger partial charge on any atom is 0.435 e. The van der Waals surface area contributed by atoms with Crippen LogP contribution in [0, 0.1) is 5.41 Å². The highest BCUT2D eigenvalue weighted by Crippen LogP contribution is 2.39. The number of aryl methyl sites for hydroxylation is 1. The molecule has 1 N–H and O–H groups in total. The van der Waals surface area contributed by atoms with Crippen molar-refractivity contribution in [2.75, 3.05) is 0 Å². The number of hydrogen-bond donors (Lipinski definition) is 1. The van der Waals surface area contributed by atoms with E-state index in [4.69, 9.17) is 0 Å². The summed E-state index contributed by atoms with van der Waals surface area (Å²) in [5.74, 6) is -0.759. The van der Waals surface area contributed by atoms with Gasteiger partial charge >= 0.3 is 12.4 Å². The number of fused-ring (bicyclic) bond motifs is 1. The van der Waals surface area contributed by atoms with E-state index in [1.54, 1.807) is 10.7 Å². The van der Waals surface area contributed by atoms with Crippen molar-refractivity contribution in [1.82, 2.24) is 29.9 Å². The highest BCUT2D eigenvalue weighted by Gasteiger charge is 2.38. The summed E-state index contributed by atoms with van der Waals surface area (Å²) in [6.07, 6.45) is -7.83. The molecule has 0 radical (unpaired) electrons. The standard InChI is InChI=1S/C21H20F6N6O/c1-19(2)9-13(29-18(34)15-8-17(21(25,26)27)31-32(15)3)14-7-12(30-33(14)10-19)11-4-5-28-16(6-11)20(22,23)24/h4-8,13H,9-10H2,1-3H3,(H,29,34)/t13-/m0/s1. The summed E-state index contributed by atoms with van der Waals surface area (Å²) in [5.41, 5.74) is -1.87. The van der Waals surface area contributed by atoms with E-state index in [1.165, 1.54) is 13.1 Å². The predicted molar refractivity (Wildman–Crippen MR) is 107 cm³/mol. The maximum atomic E-state index is 13.1. The fourth-order valence-electron chi connectivity index (χ4n) is 4.03. The topological polar surface area (TPSA) is 77.6 Å². The van der Waals surface area contributed by atoms with Crippen LogP contribution in [0.2, 0.25) is 0 Å². The predicted octanol–water partition coefficient (Wildman–Crippen LogP) is 4.62. The smallest absolute Gasteiger partial charge is 0.342 e. The Morgan fingerprint density at radius 3 is 2.35 bits per heavy atom. The number of amides is 1. The van der Waals surface area contributed by atoms with Crippen LogP contribution in [0.5, 0.6) is 0 Å². The minimum absolute atomic E-state index is 0.202. The zero-order valence-corrected chi connectivity index (χ0v) is 18.3. The molecule has 34 heavy (non-hydrogen) atoms. The Bertz CT molecular complexity index is 1240. The molecule has 0 fully saturated rings. The average Bonchev–Trinajstić information content (AvgIpc) is 3.30. The minimum atomic E-state index is -4.70. The molecule has 3 aromatic heterocycles. The first-order valence-electron chi connectivity index (χ1n) is 10.2. The lowest BCUT2D eigenvalue weighted by atomic mass is 9.82. The lowest BCUT2D eigenvalue weighted by Crippen LogP contribution is -2.39. The van der Waals surface area contributed by atoms with E-state index in [1.807, 2.05) is 13.8 Å². The normalized spacial score (nSPS) is 18.0. The minimum Gasteiger partial charge on any atom is -0.342 e. The fraction of sp³-hybridized carbons (Fsp3) is 0.429. The second-order valence-electron chi connectivity index (χ2n) is 8.97. The molecule has 7 nitrogen and oxygen atoms in total. The van der Waals surface area contributed by atoms with Crippen LogP contribution in [-0.2, 0) is 25.9 Å². The van der Waals surface area contributed by atoms with Gasteiger partial charge in [-0.15, -0.1) is 0 Å². The van der Waals surface area contributed by atoms with Crippen molar-refractivity contribution in [2.45, 2.75) is 45.2 Å². The van der Waals surface area contributed by atoms with Crippen LogP contribution in [0.4, 0.5) is 26.3 Å². The average molecular weight is 486 g/mol. The number of pyridine rings is 1. The molecule has 182 valence electrons. The second-order valence-corrected chi connectivity index (χ2v) is 8.97. The summed E-state index contributed by atoms with van der Waals surface area (Å²) >= 11 is 0. The molecule has 4 heterocycles. The Hall–Kier alpha value is -3.38. The van der Waals surface area contributed by atoms with E-state index in [2.05, 4.69) is 20.5 Å². The first-order chi connectivity index (χ1) is 15.6. The Labute approximate surface area is 189 Å². The van der Waals surface area contributed by atoms with Crippen molar-refractivity contribution >= 4 is 5.91 Å². The first kappa shape index (κ1) is 23.8. The monoisotopic (exact) mass is 486 g/mol. The first-order valence-corrected chi connectivity index (χ1v) is 10.2. The van der Waals surface area contributed by atoms with Gasteiger partial charge in [0, 0.05) is 31.4 Å². The van der Waals surface area contributed by atoms with Crippen LogP contribution >= 0.6 is 0 Å². The van der Waals surface area contributed by atoms with Gasteiger partial charge in [0.1, 0.15) is 11.4 Å². The molecule has 0 saturated carbocycles. The molecular formula is C21H20F6N6O. The lowest BCUT2D eigenvalue weighted by molar-refractivity contribution is -0.142. The van der Waals surface area contributed by atoms with Gasteiger partial charge < -0.3 is 5.32 Å². The molecule has 1 atom stereocenters. The zero-order valence-electron chi connectivity index (χ0n) is 18.3. The van der Waals surface area contributed by atoms with Gasteiger partial charge in [0.05, 0.1) is 17.4 Å².